The van der Waals surface area contributed by atoms with Gasteiger partial charge in [0.2, 0.25) is 25.4 Å². The number of amides is 2. The van der Waals surface area contributed by atoms with Gasteiger partial charge in [-0.15, -0.1) is 0 Å². The van der Waals surface area contributed by atoms with Gasteiger partial charge in [0.15, 0.2) is 23.0 Å². The second-order valence-corrected chi connectivity index (χ2v) is 8.15. The lowest BCUT2D eigenvalue weighted by Crippen LogP contribution is -2.21. The second-order valence-electron chi connectivity index (χ2n) is 8.15. The zero-order valence-corrected chi connectivity index (χ0v) is 19.4. The zero-order valence-electron chi connectivity index (χ0n) is 19.4. The topological polar surface area (TPSA) is 95.1 Å². The molecule has 2 aliphatic heterocycles. The van der Waals surface area contributed by atoms with Crippen molar-refractivity contribution in [2.75, 3.05) is 13.6 Å². The van der Waals surface area contributed by atoms with Crippen molar-refractivity contribution in [3.63, 3.8) is 0 Å². The van der Waals surface area contributed by atoms with E-state index in [2.05, 4.69) is 10.6 Å². The molecular formula is C28H24N2O6. The number of rotatable bonds is 8. The van der Waals surface area contributed by atoms with E-state index in [0.29, 0.717) is 36.1 Å². The van der Waals surface area contributed by atoms with Gasteiger partial charge in [-0.05, 0) is 58.7 Å². The molecule has 0 radical (unpaired) electrons. The summed E-state index contributed by atoms with van der Waals surface area (Å²) < 4.78 is 21.3. The monoisotopic (exact) mass is 484 g/mol. The van der Waals surface area contributed by atoms with E-state index < -0.39 is 0 Å². The van der Waals surface area contributed by atoms with Gasteiger partial charge in [-0.25, -0.2) is 0 Å². The van der Waals surface area contributed by atoms with Crippen molar-refractivity contribution in [3.05, 3.63) is 95.1 Å². The highest BCUT2D eigenvalue weighted by Crippen LogP contribution is 2.33. The Morgan fingerprint density at radius 3 is 1.61 bits per heavy atom. The predicted molar refractivity (Wildman–Crippen MR) is 133 cm³/mol. The summed E-state index contributed by atoms with van der Waals surface area (Å²) in [5.74, 6) is 2.33. The number of fused-ring (bicyclic) bond motifs is 2. The van der Waals surface area contributed by atoms with E-state index in [1.807, 2.05) is 60.7 Å². The van der Waals surface area contributed by atoms with Crippen LogP contribution in [0, 0.1) is 0 Å². The van der Waals surface area contributed by atoms with Crippen LogP contribution in [-0.2, 0) is 22.7 Å². The highest BCUT2D eigenvalue weighted by Gasteiger charge is 2.13. The van der Waals surface area contributed by atoms with E-state index in [4.69, 9.17) is 18.9 Å². The summed E-state index contributed by atoms with van der Waals surface area (Å²) in [5, 5.41) is 5.74. The largest absolute Gasteiger partial charge is 0.454 e. The average Bonchev–Trinajstić information content (AvgIpc) is 3.57. The van der Waals surface area contributed by atoms with Crippen LogP contribution in [0.5, 0.6) is 23.0 Å². The molecule has 3 aromatic carbocycles. The van der Waals surface area contributed by atoms with Gasteiger partial charge < -0.3 is 29.6 Å². The number of hydrogen-bond acceptors (Lipinski definition) is 6. The summed E-state index contributed by atoms with van der Waals surface area (Å²) in [6, 6.07) is 18.7. The van der Waals surface area contributed by atoms with Crippen LogP contribution in [0.25, 0.3) is 12.2 Å². The minimum absolute atomic E-state index is 0.208. The molecule has 0 spiro atoms. The van der Waals surface area contributed by atoms with Gasteiger partial charge in [0.05, 0.1) is 0 Å². The molecule has 2 aliphatic rings. The molecule has 0 aromatic heterocycles. The lowest BCUT2D eigenvalue weighted by atomic mass is 10.1. The molecule has 8 nitrogen and oxygen atoms in total. The Morgan fingerprint density at radius 2 is 1.11 bits per heavy atom. The SMILES string of the molecule is O=C(/C=C/c1ccc2c(c1)OCO2)NCc1cccc(CNC(=O)/C=C/c2ccc3c(c2)OCO3)c1. The first-order valence-corrected chi connectivity index (χ1v) is 11.4. The van der Waals surface area contributed by atoms with Crippen LogP contribution in [0.2, 0.25) is 0 Å². The molecule has 0 bridgehead atoms. The molecule has 8 heteroatoms. The number of benzene rings is 3. The van der Waals surface area contributed by atoms with Crippen molar-refractivity contribution in [1.82, 2.24) is 10.6 Å². The lowest BCUT2D eigenvalue weighted by molar-refractivity contribution is -0.117. The summed E-state index contributed by atoms with van der Waals surface area (Å²) in [6.07, 6.45) is 6.41. The van der Waals surface area contributed by atoms with Gasteiger partial charge in [-0.1, -0.05) is 36.4 Å². The van der Waals surface area contributed by atoms with Gasteiger partial charge in [-0.3, -0.25) is 9.59 Å². The van der Waals surface area contributed by atoms with Crippen LogP contribution in [0.1, 0.15) is 22.3 Å². The maximum absolute atomic E-state index is 12.2. The van der Waals surface area contributed by atoms with Gasteiger partial charge in [0.1, 0.15) is 0 Å². The third-order valence-corrected chi connectivity index (χ3v) is 5.57. The smallest absolute Gasteiger partial charge is 0.244 e. The predicted octanol–water partition coefficient (Wildman–Crippen LogP) is 3.80. The molecule has 0 atom stereocenters. The molecule has 5 rings (SSSR count). The number of carbonyl (C=O) groups excluding carboxylic acids is 2. The standard InChI is InChI=1S/C28H24N2O6/c31-27(10-6-19-4-8-23-25(13-19)35-17-33-23)29-15-21-2-1-3-22(12-21)16-30-28(32)11-7-20-5-9-24-26(14-20)36-18-34-24/h1-14H,15-18H2,(H,29,31)(H,30,32)/b10-6+,11-7+. The molecule has 0 unspecified atom stereocenters. The maximum Gasteiger partial charge on any atom is 0.244 e. The summed E-state index contributed by atoms with van der Waals surface area (Å²) in [7, 11) is 0. The fraction of sp³-hybridized carbons (Fsp3) is 0.143. The Morgan fingerprint density at radius 1 is 0.639 bits per heavy atom. The van der Waals surface area contributed by atoms with Crippen molar-refractivity contribution < 1.29 is 28.5 Å². The fourth-order valence-corrected chi connectivity index (χ4v) is 3.72. The molecule has 182 valence electrons. The van der Waals surface area contributed by atoms with Crippen LogP contribution >= 0.6 is 0 Å². The second kappa shape index (κ2) is 10.7. The van der Waals surface area contributed by atoms with E-state index in [9.17, 15) is 9.59 Å². The molecule has 0 fully saturated rings. The first-order valence-electron chi connectivity index (χ1n) is 11.4. The van der Waals surface area contributed by atoms with Gasteiger partial charge in [-0.2, -0.15) is 0 Å². The van der Waals surface area contributed by atoms with Gasteiger partial charge in [0, 0.05) is 25.2 Å². The van der Waals surface area contributed by atoms with E-state index in [1.165, 1.54) is 12.2 Å². The summed E-state index contributed by atoms with van der Waals surface area (Å²) in [6.45, 7) is 1.17. The Kier molecular flexibility index (Phi) is 6.84. The van der Waals surface area contributed by atoms with Crippen LogP contribution in [0.15, 0.2) is 72.8 Å². The van der Waals surface area contributed by atoms with Gasteiger partial charge in [0.25, 0.3) is 0 Å². The highest BCUT2D eigenvalue weighted by atomic mass is 16.7. The van der Waals surface area contributed by atoms with Crippen molar-refractivity contribution in [2.45, 2.75) is 13.1 Å². The number of nitrogens with one attached hydrogen (secondary N) is 2. The van der Waals surface area contributed by atoms with Crippen molar-refractivity contribution in [1.29, 1.82) is 0 Å². The van der Waals surface area contributed by atoms with Gasteiger partial charge >= 0.3 is 0 Å². The van der Waals surface area contributed by atoms with E-state index in [1.54, 1.807) is 12.2 Å². The number of carbonyl (C=O) groups is 2. The van der Waals surface area contributed by atoms with Crippen LogP contribution in [0.3, 0.4) is 0 Å². The minimum atomic E-state index is -0.208. The first kappa shape index (κ1) is 23.0. The quantitative estimate of drug-likeness (QED) is 0.473. The number of hydrogen-bond donors (Lipinski definition) is 2. The normalized spacial score (nSPS) is 13.3. The van der Waals surface area contributed by atoms with E-state index in [-0.39, 0.29) is 25.4 Å². The Balaban J connectivity index is 1.08. The van der Waals surface area contributed by atoms with E-state index >= 15 is 0 Å². The molecule has 2 N–H and O–H groups in total. The molecule has 2 amide bonds. The van der Waals surface area contributed by atoms with E-state index in [0.717, 1.165) is 22.3 Å². The molecule has 3 aromatic rings. The third kappa shape index (κ3) is 5.85. The first-order chi connectivity index (χ1) is 17.6. The minimum Gasteiger partial charge on any atom is -0.454 e. The molecule has 36 heavy (non-hydrogen) atoms. The van der Waals surface area contributed by atoms with Crippen LogP contribution < -0.4 is 29.6 Å². The molecule has 0 aliphatic carbocycles. The average molecular weight is 485 g/mol. The molecule has 2 heterocycles. The molecule has 0 saturated carbocycles. The zero-order chi connectivity index (χ0) is 24.7. The molecule has 0 saturated heterocycles. The summed E-state index contributed by atoms with van der Waals surface area (Å²) in [4.78, 5) is 24.5. The lowest BCUT2D eigenvalue weighted by Gasteiger charge is -2.07. The highest BCUT2D eigenvalue weighted by molar-refractivity contribution is 5.92. The van der Waals surface area contributed by atoms with Crippen molar-refractivity contribution in [3.8, 4) is 23.0 Å². The Bertz CT molecular complexity index is 1250. The molecular weight excluding hydrogens is 460 g/mol. The van der Waals surface area contributed by atoms with Crippen LogP contribution in [-0.4, -0.2) is 25.4 Å². The Hall–Kier alpha value is -4.72. The van der Waals surface area contributed by atoms with Crippen LogP contribution in [0.4, 0.5) is 0 Å². The van der Waals surface area contributed by atoms with Crippen molar-refractivity contribution in [2.24, 2.45) is 0 Å². The third-order valence-electron chi connectivity index (χ3n) is 5.57. The fourth-order valence-electron chi connectivity index (χ4n) is 3.72. The Labute approximate surface area is 208 Å². The summed E-state index contributed by atoms with van der Waals surface area (Å²) in [5.41, 5.74) is 3.56. The maximum atomic E-state index is 12.2. The van der Waals surface area contributed by atoms with Crippen molar-refractivity contribution >= 4 is 24.0 Å². The number of ether oxygens (including phenoxy) is 4. The summed E-state index contributed by atoms with van der Waals surface area (Å²) >= 11 is 0.